The van der Waals surface area contributed by atoms with E-state index in [4.69, 9.17) is 0 Å². The van der Waals surface area contributed by atoms with Crippen LogP contribution in [-0.4, -0.2) is 25.9 Å². The fourth-order valence-corrected chi connectivity index (χ4v) is 1.72. The van der Waals surface area contributed by atoms with E-state index in [1.54, 1.807) is 24.3 Å². The maximum absolute atomic E-state index is 12.4. The molecule has 1 aromatic carbocycles. The first kappa shape index (κ1) is 15.0. The van der Waals surface area contributed by atoms with E-state index in [2.05, 4.69) is 5.32 Å². The summed E-state index contributed by atoms with van der Waals surface area (Å²) in [6, 6.07) is 6.47. The third-order valence-corrected chi connectivity index (χ3v) is 2.28. The van der Waals surface area contributed by atoms with E-state index in [0.29, 0.717) is 11.4 Å². The Morgan fingerprint density at radius 3 is 2.59 bits per heavy atom. The van der Waals surface area contributed by atoms with Gasteiger partial charge in [0.05, 0.1) is 17.9 Å². The molecule has 8 heteroatoms. The Balaban J connectivity index is 0.00000144. The van der Waals surface area contributed by atoms with Crippen LogP contribution >= 0.6 is 0 Å². The topological polar surface area (TPSA) is 32.3 Å². The standard InChI is InChI=1S/C9H9BF3N2O.K/c11-10(12,13)6-15-5-9(16)14-7-3-1-2-4-8(7)15;/h1-4H,5-6H2,(H,14,16);/q-1;+1. The molecule has 0 radical (unpaired) electrons. The molecule has 1 heterocycles. The molecule has 0 spiro atoms. The molecule has 0 aliphatic carbocycles. The van der Waals surface area contributed by atoms with Gasteiger partial charge in [-0.3, -0.25) is 4.79 Å². The first-order valence-electron chi connectivity index (χ1n) is 4.80. The number of para-hydroxylation sites is 2. The molecule has 0 saturated carbocycles. The van der Waals surface area contributed by atoms with Gasteiger partial charge in [0.25, 0.3) is 0 Å². The number of fused-ring (bicyclic) bond motifs is 1. The predicted octanol–water partition coefficient (Wildman–Crippen LogP) is -1.16. The molecule has 0 aromatic heterocycles. The molecular weight excluding hydrogens is 259 g/mol. The molecule has 1 N–H and O–H groups in total. The Bertz CT molecular complexity index is 427. The smallest absolute Gasteiger partial charge is 0.448 e. The van der Waals surface area contributed by atoms with Gasteiger partial charge in [-0.25, -0.2) is 0 Å². The number of anilines is 2. The Labute approximate surface area is 139 Å². The van der Waals surface area contributed by atoms with Crippen molar-refractivity contribution in [2.45, 2.75) is 0 Å². The first-order chi connectivity index (χ1) is 7.46. The van der Waals surface area contributed by atoms with Crippen molar-refractivity contribution in [1.82, 2.24) is 0 Å². The van der Waals surface area contributed by atoms with Crippen LogP contribution in [0.15, 0.2) is 24.3 Å². The normalized spacial score (nSPS) is 14.8. The number of halogens is 3. The van der Waals surface area contributed by atoms with Crippen LogP contribution in [0.4, 0.5) is 24.3 Å². The summed E-state index contributed by atoms with van der Waals surface area (Å²) in [5.74, 6) is -0.418. The second-order valence-corrected chi connectivity index (χ2v) is 3.66. The minimum absolute atomic E-state index is 0. The van der Waals surface area contributed by atoms with Gasteiger partial charge >= 0.3 is 58.4 Å². The average molecular weight is 268 g/mol. The number of nitrogens with zero attached hydrogens (tertiary/aromatic N) is 1. The van der Waals surface area contributed by atoms with Crippen molar-refractivity contribution in [2.75, 3.05) is 23.2 Å². The number of nitrogens with one attached hydrogen (secondary N) is 1. The van der Waals surface area contributed by atoms with Crippen molar-refractivity contribution in [3.63, 3.8) is 0 Å². The third-order valence-electron chi connectivity index (χ3n) is 2.28. The van der Waals surface area contributed by atoms with Crippen molar-refractivity contribution in [3.05, 3.63) is 24.3 Å². The number of carbonyl (C=O) groups excluding carboxylic acids is 1. The van der Waals surface area contributed by atoms with Crippen molar-refractivity contribution in [3.8, 4) is 0 Å². The largest absolute Gasteiger partial charge is 1.00 e. The third kappa shape index (κ3) is 3.99. The van der Waals surface area contributed by atoms with Crippen LogP contribution in [0.25, 0.3) is 0 Å². The maximum Gasteiger partial charge on any atom is 1.00 e. The zero-order valence-electron chi connectivity index (χ0n) is 9.29. The van der Waals surface area contributed by atoms with E-state index < -0.39 is 19.3 Å². The molecule has 1 amide bonds. The van der Waals surface area contributed by atoms with E-state index in [1.807, 2.05) is 0 Å². The van der Waals surface area contributed by atoms with E-state index in [1.165, 1.54) is 0 Å². The molecule has 0 saturated heterocycles. The summed E-state index contributed by atoms with van der Waals surface area (Å²) in [7, 11) is 0. The molecule has 0 unspecified atom stereocenters. The number of rotatable bonds is 2. The number of hydrogen-bond donors (Lipinski definition) is 1. The van der Waals surface area contributed by atoms with Gasteiger partial charge in [-0.05, 0) is 18.6 Å². The molecule has 1 aliphatic heterocycles. The number of benzene rings is 1. The second-order valence-electron chi connectivity index (χ2n) is 3.66. The monoisotopic (exact) mass is 268 g/mol. The van der Waals surface area contributed by atoms with Gasteiger partial charge in [-0.1, -0.05) is 12.1 Å². The van der Waals surface area contributed by atoms with Gasteiger partial charge in [-0.2, -0.15) is 0 Å². The average Bonchev–Trinajstić information content (AvgIpc) is 2.14. The van der Waals surface area contributed by atoms with Crippen LogP contribution in [0.1, 0.15) is 0 Å². The fourth-order valence-electron chi connectivity index (χ4n) is 1.72. The SMILES string of the molecule is O=C1CN(C[B-](F)(F)F)c2ccccc2N1.[K+]. The van der Waals surface area contributed by atoms with E-state index in [9.17, 15) is 17.7 Å². The van der Waals surface area contributed by atoms with Crippen molar-refractivity contribution < 1.29 is 69.1 Å². The van der Waals surface area contributed by atoms with Crippen molar-refractivity contribution in [1.29, 1.82) is 0 Å². The van der Waals surface area contributed by atoms with E-state index >= 15 is 0 Å². The summed E-state index contributed by atoms with van der Waals surface area (Å²) in [4.78, 5) is 12.3. The molecule has 1 aromatic rings. The molecule has 86 valence electrons. The van der Waals surface area contributed by atoms with E-state index in [0.717, 1.165) is 4.90 Å². The molecule has 17 heavy (non-hydrogen) atoms. The molecule has 0 atom stereocenters. The summed E-state index contributed by atoms with van der Waals surface area (Å²) in [5.41, 5.74) is 0.847. The van der Waals surface area contributed by atoms with Crippen LogP contribution in [0.3, 0.4) is 0 Å². The molecule has 3 nitrogen and oxygen atoms in total. The molecule has 1 aliphatic rings. The summed E-state index contributed by atoms with van der Waals surface area (Å²) in [6.45, 7) is -5.19. The van der Waals surface area contributed by atoms with Crippen molar-refractivity contribution in [2.24, 2.45) is 0 Å². The zero-order chi connectivity index (χ0) is 11.8. The molecule has 0 bridgehead atoms. The fraction of sp³-hybridized carbons (Fsp3) is 0.222. The van der Waals surface area contributed by atoms with Crippen LogP contribution in [0.5, 0.6) is 0 Å². The van der Waals surface area contributed by atoms with Crippen LogP contribution < -0.4 is 61.6 Å². The predicted molar refractivity (Wildman–Crippen MR) is 56.4 cm³/mol. The summed E-state index contributed by atoms with van der Waals surface area (Å²) in [5, 5.41) is 2.53. The minimum Gasteiger partial charge on any atom is -0.448 e. The summed E-state index contributed by atoms with van der Waals surface area (Å²) >= 11 is 0. The van der Waals surface area contributed by atoms with Gasteiger partial charge < -0.3 is 23.2 Å². The van der Waals surface area contributed by atoms with Crippen LogP contribution in [-0.2, 0) is 4.79 Å². The van der Waals surface area contributed by atoms with Crippen LogP contribution in [0.2, 0.25) is 0 Å². The van der Waals surface area contributed by atoms with Gasteiger partial charge in [0.2, 0.25) is 5.91 Å². The van der Waals surface area contributed by atoms with Crippen molar-refractivity contribution >= 4 is 24.3 Å². The number of hydrogen-bond acceptors (Lipinski definition) is 2. The Hall–Kier alpha value is -0.0187. The zero-order valence-corrected chi connectivity index (χ0v) is 12.4. The quantitative estimate of drug-likeness (QED) is 0.686. The van der Waals surface area contributed by atoms with Gasteiger partial charge in [0, 0.05) is 0 Å². The van der Waals surface area contributed by atoms with Gasteiger partial charge in [0.1, 0.15) is 0 Å². The number of carbonyl (C=O) groups is 1. The maximum atomic E-state index is 12.4. The van der Waals surface area contributed by atoms with E-state index in [-0.39, 0.29) is 57.9 Å². The van der Waals surface area contributed by atoms with Gasteiger partial charge in [-0.15, -0.1) is 0 Å². The molecular formula is C9H9BF3KN2O. The van der Waals surface area contributed by atoms with Crippen LogP contribution in [0, 0.1) is 0 Å². The Morgan fingerprint density at radius 1 is 1.29 bits per heavy atom. The Kier molecular flexibility index (Phi) is 5.08. The molecule has 0 fully saturated rings. The molecule has 2 rings (SSSR count). The second kappa shape index (κ2) is 5.75. The Morgan fingerprint density at radius 2 is 1.94 bits per heavy atom. The summed E-state index contributed by atoms with van der Waals surface area (Å²) in [6.07, 6.45) is -1.05. The first-order valence-corrected chi connectivity index (χ1v) is 4.80. The minimum atomic E-state index is -4.94. The number of amides is 1. The summed E-state index contributed by atoms with van der Waals surface area (Å²) < 4.78 is 37.1. The van der Waals surface area contributed by atoms with Gasteiger partial charge in [0.15, 0.2) is 0 Å².